The summed E-state index contributed by atoms with van der Waals surface area (Å²) in [5.74, 6) is 0.650. The number of ketones is 1. The highest BCUT2D eigenvalue weighted by molar-refractivity contribution is 6.21. The lowest BCUT2D eigenvalue weighted by molar-refractivity contribution is 0.104. The van der Waals surface area contributed by atoms with Crippen LogP contribution in [-0.4, -0.2) is 10.9 Å². The summed E-state index contributed by atoms with van der Waals surface area (Å²) in [4.78, 5) is 12.3. The molecule has 3 nitrogen and oxygen atoms in total. The Hall–Kier alpha value is -1.90. The van der Waals surface area contributed by atoms with E-state index >= 15 is 0 Å². The standard InChI is InChI=1S/C14H13NO2/c1-14(2,3)13-10-11(16)8-6-4-5-7-9(8)12(10)17-15-13/h4-7H,1-3H3. The topological polar surface area (TPSA) is 43.1 Å². The Kier molecular flexibility index (Phi) is 1.85. The molecule has 0 fully saturated rings. The van der Waals surface area contributed by atoms with E-state index in [-0.39, 0.29) is 11.2 Å². The van der Waals surface area contributed by atoms with E-state index in [1.54, 1.807) is 0 Å². The zero-order chi connectivity index (χ0) is 12.2. The number of aromatic nitrogens is 1. The molecule has 86 valence electrons. The van der Waals surface area contributed by atoms with Crippen molar-refractivity contribution in [3.8, 4) is 11.3 Å². The van der Waals surface area contributed by atoms with Crippen LogP contribution in [0.4, 0.5) is 0 Å². The van der Waals surface area contributed by atoms with Gasteiger partial charge in [-0.25, -0.2) is 0 Å². The second-order valence-corrected chi connectivity index (χ2v) is 5.36. The molecule has 0 saturated carbocycles. The van der Waals surface area contributed by atoms with E-state index in [0.29, 0.717) is 16.9 Å². The van der Waals surface area contributed by atoms with Gasteiger partial charge in [-0.3, -0.25) is 4.79 Å². The Morgan fingerprint density at radius 2 is 1.76 bits per heavy atom. The van der Waals surface area contributed by atoms with Crippen LogP contribution in [0.2, 0.25) is 0 Å². The fourth-order valence-electron chi connectivity index (χ4n) is 2.21. The molecule has 2 aromatic rings. The normalized spacial score (nSPS) is 13.7. The number of rotatable bonds is 0. The average Bonchev–Trinajstić information content (AvgIpc) is 2.80. The van der Waals surface area contributed by atoms with Gasteiger partial charge in [0, 0.05) is 16.5 Å². The van der Waals surface area contributed by atoms with Crippen molar-refractivity contribution in [2.75, 3.05) is 0 Å². The summed E-state index contributed by atoms with van der Waals surface area (Å²) in [6, 6.07) is 7.50. The van der Waals surface area contributed by atoms with Crippen molar-refractivity contribution in [3.05, 3.63) is 41.1 Å². The summed E-state index contributed by atoms with van der Waals surface area (Å²) in [5, 5.41) is 4.06. The van der Waals surface area contributed by atoms with Crippen molar-refractivity contribution in [1.82, 2.24) is 5.16 Å². The van der Waals surface area contributed by atoms with Crippen LogP contribution in [0.15, 0.2) is 28.8 Å². The van der Waals surface area contributed by atoms with E-state index in [4.69, 9.17) is 4.52 Å². The molecule has 1 heterocycles. The van der Waals surface area contributed by atoms with Crippen LogP contribution in [0, 0.1) is 0 Å². The lowest BCUT2D eigenvalue weighted by Gasteiger charge is -2.14. The fraction of sp³-hybridized carbons (Fsp3) is 0.286. The fourth-order valence-corrected chi connectivity index (χ4v) is 2.21. The van der Waals surface area contributed by atoms with Crippen LogP contribution in [0.3, 0.4) is 0 Å². The minimum absolute atomic E-state index is 0.0294. The first-order valence-electron chi connectivity index (χ1n) is 5.64. The van der Waals surface area contributed by atoms with Crippen molar-refractivity contribution in [1.29, 1.82) is 0 Å². The molecule has 0 N–H and O–H groups in total. The summed E-state index contributed by atoms with van der Waals surface area (Å²) in [7, 11) is 0. The summed E-state index contributed by atoms with van der Waals surface area (Å²) in [6.45, 7) is 6.09. The van der Waals surface area contributed by atoms with Gasteiger partial charge < -0.3 is 4.52 Å². The highest BCUT2D eigenvalue weighted by Gasteiger charge is 2.37. The lowest BCUT2D eigenvalue weighted by atomic mass is 9.88. The molecule has 0 atom stereocenters. The SMILES string of the molecule is CC(C)(C)c1noc2c1C(=O)c1ccccc1-2. The summed E-state index contributed by atoms with van der Waals surface area (Å²) in [6.07, 6.45) is 0. The first-order chi connectivity index (χ1) is 8.00. The summed E-state index contributed by atoms with van der Waals surface area (Å²) >= 11 is 0. The zero-order valence-corrected chi connectivity index (χ0v) is 10.1. The van der Waals surface area contributed by atoms with Crippen molar-refractivity contribution >= 4 is 5.78 Å². The molecule has 0 saturated heterocycles. The van der Waals surface area contributed by atoms with E-state index < -0.39 is 0 Å². The third-order valence-electron chi connectivity index (χ3n) is 3.05. The van der Waals surface area contributed by atoms with Crippen LogP contribution < -0.4 is 0 Å². The number of fused-ring (bicyclic) bond motifs is 3. The van der Waals surface area contributed by atoms with Crippen LogP contribution in [0.1, 0.15) is 42.4 Å². The van der Waals surface area contributed by atoms with Crippen LogP contribution in [0.25, 0.3) is 11.3 Å². The van der Waals surface area contributed by atoms with Gasteiger partial charge in [-0.05, 0) is 0 Å². The molecule has 0 radical (unpaired) electrons. The van der Waals surface area contributed by atoms with Crippen LogP contribution >= 0.6 is 0 Å². The third-order valence-corrected chi connectivity index (χ3v) is 3.05. The molecule has 0 spiro atoms. The smallest absolute Gasteiger partial charge is 0.199 e. The largest absolute Gasteiger partial charge is 0.355 e. The molecule has 1 aromatic carbocycles. The van der Waals surface area contributed by atoms with E-state index in [1.807, 2.05) is 45.0 Å². The molecule has 1 aromatic heterocycles. The predicted molar refractivity (Wildman–Crippen MR) is 64.1 cm³/mol. The minimum Gasteiger partial charge on any atom is -0.355 e. The Morgan fingerprint density at radius 1 is 1.12 bits per heavy atom. The molecular formula is C14H13NO2. The van der Waals surface area contributed by atoms with E-state index in [2.05, 4.69) is 5.16 Å². The maximum atomic E-state index is 12.3. The molecular weight excluding hydrogens is 214 g/mol. The Morgan fingerprint density at radius 3 is 2.41 bits per heavy atom. The monoisotopic (exact) mass is 227 g/mol. The van der Waals surface area contributed by atoms with Crippen molar-refractivity contribution < 1.29 is 9.32 Å². The Balaban J connectivity index is 2.30. The molecule has 0 aliphatic heterocycles. The molecule has 17 heavy (non-hydrogen) atoms. The van der Waals surface area contributed by atoms with Gasteiger partial charge in [0.1, 0.15) is 5.69 Å². The molecule has 3 rings (SSSR count). The number of carbonyl (C=O) groups is 1. The van der Waals surface area contributed by atoms with Gasteiger partial charge in [-0.2, -0.15) is 0 Å². The number of carbonyl (C=O) groups excluding carboxylic acids is 1. The van der Waals surface area contributed by atoms with Gasteiger partial charge in [0.2, 0.25) is 0 Å². The maximum absolute atomic E-state index is 12.3. The maximum Gasteiger partial charge on any atom is 0.199 e. The Bertz CT molecular complexity index is 617. The number of hydrogen-bond donors (Lipinski definition) is 0. The quantitative estimate of drug-likeness (QED) is 0.592. The summed E-state index contributed by atoms with van der Waals surface area (Å²) in [5.41, 5.74) is 2.77. The second kappa shape index (κ2) is 3.06. The van der Waals surface area contributed by atoms with E-state index in [9.17, 15) is 4.79 Å². The van der Waals surface area contributed by atoms with Gasteiger partial charge in [0.25, 0.3) is 0 Å². The van der Waals surface area contributed by atoms with Crippen LogP contribution in [-0.2, 0) is 5.41 Å². The first-order valence-corrected chi connectivity index (χ1v) is 5.64. The highest BCUT2D eigenvalue weighted by Crippen LogP contribution is 2.41. The summed E-state index contributed by atoms with van der Waals surface area (Å²) < 4.78 is 5.36. The zero-order valence-electron chi connectivity index (χ0n) is 10.1. The Labute approximate surface area is 99.4 Å². The molecule has 0 bridgehead atoms. The molecule has 0 unspecified atom stereocenters. The molecule has 0 amide bonds. The minimum atomic E-state index is -0.186. The third kappa shape index (κ3) is 1.28. The molecule has 1 aliphatic carbocycles. The predicted octanol–water partition coefficient (Wildman–Crippen LogP) is 3.18. The van der Waals surface area contributed by atoms with E-state index in [0.717, 1.165) is 11.3 Å². The van der Waals surface area contributed by atoms with E-state index in [1.165, 1.54) is 0 Å². The van der Waals surface area contributed by atoms with Crippen molar-refractivity contribution in [2.45, 2.75) is 26.2 Å². The van der Waals surface area contributed by atoms with Crippen molar-refractivity contribution in [3.63, 3.8) is 0 Å². The van der Waals surface area contributed by atoms with Gasteiger partial charge >= 0.3 is 0 Å². The highest BCUT2D eigenvalue weighted by atomic mass is 16.5. The number of hydrogen-bond acceptors (Lipinski definition) is 3. The molecule has 1 aliphatic rings. The number of benzene rings is 1. The second-order valence-electron chi connectivity index (χ2n) is 5.36. The molecule has 3 heteroatoms. The van der Waals surface area contributed by atoms with Gasteiger partial charge in [0.15, 0.2) is 11.5 Å². The van der Waals surface area contributed by atoms with Crippen molar-refractivity contribution in [2.24, 2.45) is 0 Å². The number of nitrogens with zero attached hydrogens (tertiary/aromatic N) is 1. The lowest BCUT2D eigenvalue weighted by Crippen LogP contribution is -2.15. The first kappa shape index (κ1) is 10.3. The van der Waals surface area contributed by atoms with Gasteiger partial charge in [-0.15, -0.1) is 0 Å². The van der Waals surface area contributed by atoms with Crippen LogP contribution in [0.5, 0.6) is 0 Å². The van der Waals surface area contributed by atoms with Gasteiger partial charge in [0.05, 0.1) is 5.56 Å². The average molecular weight is 227 g/mol. The van der Waals surface area contributed by atoms with Gasteiger partial charge in [-0.1, -0.05) is 50.2 Å².